The van der Waals surface area contributed by atoms with E-state index >= 15 is 0 Å². The minimum atomic E-state index is 0. The van der Waals surface area contributed by atoms with Gasteiger partial charge in [0.1, 0.15) is 17.3 Å². The number of hydrogen-bond donors (Lipinski definition) is 1. The number of benzene rings is 2. The highest BCUT2D eigenvalue weighted by Crippen LogP contribution is 2.23. The van der Waals surface area contributed by atoms with Crippen molar-refractivity contribution in [1.29, 1.82) is 0 Å². The van der Waals surface area contributed by atoms with Gasteiger partial charge in [0.15, 0.2) is 0 Å². The molecule has 0 aliphatic carbocycles. The molecule has 0 fully saturated rings. The molecule has 0 aliphatic rings. The molecule has 0 atom stereocenters. The van der Waals surface area contributed by atoms with Crippen LogP contribution in [0.2, 0.25) is 5.02 Å². The summed E-state index contributed by atoms with van der Waals surface area (Å²) in [6, 6.07) is 19.8. The summed E-state index contributed by atoms with van der Waals surface area (Å²) in [6.07, 6.45) is 0.967. The molecule has 132 valence electrons. The number of hydrogen-bond acceptors (Lipinski definition) is 3. The fourth-order valence-corrected chi connectivity index (χ4v) is 2.60. The van der Waals surface area contributed by atoms with Crippen molar-refractivity contribution in [3.8, 4) is 17.1 Å². The minimum absolute atomic E-state index is 0. The van der Waals surface area contributed by atoms with Crippen LogP contribution in [0.1, 0.15) is 11.3 Å². The van der Waals surface area contributed by atoms with Gasteiger partial charge in [0.05, 0.1) is 13.7 Å². The molecule has 0 unspecified atom stereocenters. The van der Waals surface area contributed by atoms with Gasteiger partial charge in [0.2, 0.25) is 0 Å². The Morgan fingerprint density at radius 2 is 1.68 bits per heavy atom. The van der Waals surface area contributed by atoms with Crippen molar-refractivity contribution in [2.75, 3.05) is 13.7 Å². The number of furan rings is 1. The van der Waals surface area contributed by atoms with Crippen LogP contribution in [0.3, 0.4) is 0 Å². The van der Waals surface area contributed by atoms with E-state index in [1.54, 1.807) is 7.11 Å². The van der Waals surface area contributed by atoms with Gasteiger partial charge in [-0.1, -0.05) is 23.7 Å². The van der Waals surface area contributed by atoms with E-state index in [0.717, 1.165) is 40.8 Å². The quantitative estimate of drug-likeness (QED) is 0.562. The number of nitrogens with one attached hydrogen (secondary N) is 1. The molecule has 0 saturated heterocycles. The van der Waals surface area contributed by atoms with E-state index in [1.165, 1.54) is 5.56 Å². The lowest BCUT2D eigenvalue weighted by Crippen LogP contribution is -2.16. The normalized spacial score (nSPS) is 10.3. The van der Waals surface area contributed by atoms with Crippen molar-refractivity contribution in [1.82, 2.24) is 5.32 Å². The second kappa shape index (κ2) is 9.52. The van der Waals surface area contributed by atoms with Crippen LogP contribution in [0.5, 0.6) is 5.75 Å². The van der Waals surface area contributed by atoms with Gasteiger partial charge >= 0.3 is 0 Å². The highest BCUT2D eigenvalue weighted by atomic mass is 35.5. The standard InChI is InChI=1S/C20H20ClNO2.ClH/c1-23-18-8-2-15(3-9-18)12-13-22-14-19-10-11-20(24-19)16-4-6-17(21)7-5-16;/h2-11,22H,12-14H2,1H3;1H. The predicted molar refractivity (Wildman–Crippen MR) is 105 cm³/mol. The third-order valence-corrected chi connectivity index (χ3v) is 4.09. The average molecular weight is 378 g/mol. The smallest absolute Gasteiger partial charge is 0.134 e. The predicted octanol–water partition coefficient (Wildman–Crippen LogP) is 5.36. The summed E-state index contributed by atoms with van der Waals surface area (Å²) in [5, 5.41) is 4.13. The molecule has 3 rings (SSSR count). The molecular formula is C20H21Cl2NO2. The Morgan fingerprint density at radius 3 is 2.36 bits per heavy atom. The molecule has 0 saturated carbocycles. The number of halogens is 2. The highest BCUT2D eigenvalue weighted by molar-refractivity contribution is 6.30. The van der Waals surface area contributed by atoms with Crippen molar-refractivity contribution < 1.29 is 9.15 Å². The molecule has 0 spiro atoms. The maximum absolute atomic E-state index is 5.91. The first kappa shape index (κ1) is 19.4. The van der Waals surface area contributed by atoms with Crippen LogP contribution >= 0.6 is 24.0 Å². The van der Waals surface area contributed by atoms with E-state index in [-0.39, 0.29) is 12.4 Å². The lowest BCUT2D eigenvalue weighted by atomic mass is 10.1. The van der Waals surface area contributed by atoms with Crippen LogP contribution in [0.4, 0.5) is 0 Å². The molecule has 5 heteroatoms. The summed E-state index contributed by atoms with van der Waals surface area (Å²) in [7, 11) is 1.68. The van der Waals surface area contributed by atoms with Crippen LogP contribution in [-0.4, -0.2) is 13.7 Å². The third kappa shape index (κ3) is 5.53. The van der Waals surface area contributed by atoms with Crippen molar-refractivity contribution in [2.24, 2.45) is 0 Å². The lowest BCUT2D eigenvalue weighted by molar-refractivity contribution is 0.414. The number of methoxy groups -OCH3 is 1. The molecule has 25 heavy (non-hydrogen) atoms. The van der Waals surface area contributed by atoms with E-state index in [9.17, 15) is 0 Å². The van der Waals surface area contributed by atoms with Crippen molar-refractivity contribution >= 4 is 24.0 Å². The zero-order chi connectivity index (χ0) is 16.8. The summed E-state index contributed by atoms with van der Waals surface area (Å²) >= 11 is 5.91. The van der Waals surface area contributed by atoms with Crippen LogP contribution < -0.4 is 10.1 Å². The Kier molecular flexibility index (Phi) is 7.38. The van der Waals surface area contributed by atoms with Gasteiger partial charge in [-0.15, -0.1) is 12.4 Å². The number of ether oxygens (including phenoxy) is 1. The fraction of sp³-hybridized carbons (Fsp3) is 0.200. The molecule has 0 aliphatic heterocycles. The molecule has 0 radical (unpaired) electrons. The van der Waals surface area contributed by atoms with Crippen LogP contribution in [0.15, 0.2) is 65.1 Å². The third-order valence-electron chi connectivity index (χ3n) is 3.84. The molecule has 0 amide bonds. The van der Waals surface area contributed by atoms with E-state index in [2.05, 4.69) is 17.4 Å². The molecule has 1 heterocycles. The van der Waals surface area contributed by atoms with Gasteiger partial charge in [0.25, 0.3) is 0 Å². The van der Waals surface area contributed by atoms with E-state index in [0.29, 0.717) is 6.54 Å². The Hall–Kier alpha value is -1.94. The van der Waals surface area contributed by atoms with E-state index in [4.69, 9.17) is 20.8 Å². The molecule has 3 nitrogen and oxygen atoms in total. The first-order chi connectivity index (χ1) is 11.7. The van der Waals surface area contributed by atoms with Gasteiger partial charge in [-0.3, -0.25) is 0 Å². The van der Waals surface area contributed by atoms with Gasteiger partial charge in [0, 0.05) is 10.6 Å². The second-order valence-corrected chi connectivity index (χ2v) is 5.98. The fourth-order valence-electron chi connectivity index (χ4n) is 2.48. The molecule has 2 aromatic carbocycles. The van der Waals surface area contributed by atoms with Crippen LogP contribution in [0, 0.1) is 0 Å². The minimum Gasteiger partial charge on any atom is -0.497 e. The first-order valence-corrected chi connectivity index (χ1v) is 8.31. The Labute approximate surface area is 159 Å². The largest absolute Gasteiger partial charge is 0.497 e. The van der Waals surface area contributed by atoms with Crippen molar-refractivity contribution in [3.63, 3.8) is 0 Å². The topological polar surface area (TPSA) is 34.4 Å². The molecule has 1 N–H and O–H groups in total. The zero-order valence-electron chi connectivity index (χ0n) is 14.0. The molecular weight excluding hydrogens is 357 g/mol. The second-order valence-electron chi connectivity index (χ2n) is 5.55. The van der Waals surface area contributed by atoms with Crippen LogP contribution in [-0.2, 0) is 13.0 Å². The Morgan fingerprint density at radius 1 is 0.960 bits per heavy atom. The zero-order valence-corrected chi connectivity index (χ0v) is 15.6. The lowest BCUT2D eigenvalue weighted by Gasteiger charge is -2.05. The van der Waals surface area contributed by atoms with Gasteiger partial charge in [-0.2, -0.15) is 0 Å². The highest BCUT2D eigenvalue weighted by Gasteiger charge is 2.04. The van der Waals surface area contributed by atoms with Crippen LogP contribution in [0.25, 0.3) is 11.3 Å². The Bertz CT molecular complexity index is 767. The monoisotopic (exact) mass is 377 g/mol. The van der Waals surface area contributed by atoms with E-state index < -0.39 is 0 Å². The van der Waals surface area contributed by atoms with E-state index in [1.807, 2.05) is 48.5 Å². The van der Waals surface area contributed by atoms with Crippen molar-refractivity contribution in [2.45, 2.75) is 13.0 Å². The molecule has 0 bridgehead atoms. The average Bonchev–Trinajstić information content (AvgIpc) is 3.09. The first-order valence-electron chi connectivity index (χ1n) is 7.93. The summed E-state index contributed by atoms with van der Waals surface area (Å²) < 4.78 is 11.0. The van der Waals surface area contributed by atoms with Crippen molar-refractivity contribution in [3.05, 3.63) is 77.0 Å². The summed E-state index contributed by atoms with van der Waals surface area (Å²) in [5.41, 5.74) is 2.31. The molecule has 3 aromatic rings. The molecule has 1 aromatic heterocycles. The van der Waals surface area contributed by atoms with Gasteiger partial charge < -0.3 is 14.5 Å². The Balaban J connectivity index is 0.00000225. The summed E-state index contributed by atoms with van der Waals surface area (Å²) in [5.74, 6) is 2.67. The maximum atomic E-state index is 5.91. The van der Waals surface area contributed by atoms with Gasteiger partial charge in [-0.05, 0) is 67.1 Å². The number of rotatable bonds is 7. The summed E-state index contributed by atoms with van der Waals surface area (Å²) in [6.45, 7) is 1.60. The maximum Gasteiger partial charge on any atom is 0.134 e. The van der Waals surface area contributed by atoms with Gasteiger partial charge in [-0.25, -0.2) is 0 Å². The SMILES string of the molecule is COc1ccc(CCNCc2ccc(-c3ccc(Cl)cc3)o2)cc1.Cl. The summed E-state index contributed by atoms with van der Waals surface area (Å²) in [4.78, 5) is 0.